The maximum Gasteiger partial charge on any atom is 0.530 e. The number of H-pyrrole nitrogens is 3. The van der Waals surface area contributed by atoms with Gasteiger partial charge in [-0.3, -0.25) is 37.3 Å². The van der Waals surface area contributed by atoms with Crippen LogP contribution in [0, 0.1) is 0 Å². The third-order valence-electron chi connectivity index (χ3n) is 8.86. The summed E-state index contributed by atoms with van der Waals surface area (Å²) in [5.41, 5.74) is 34.3. The van der Waals surface area contributed by atoms with Gasteiger partial charge >= 0.3 is 35.6 Å². The molecule has 0 saturated carbocycles. The predicted octanol–water partition coefficient (Wildman–Crippen LogP) is -7.80. The average molecular weight is 789 g/mol. The fraction of sp³-hybridized carbons (Fsp3) is 0.250. The van der Waals surface area contributed by atoms with E-state index in [-0.39, 0.29) is 71.7 Å². The molecule has 4 rings (SSSR count). The van der Waals surface area contributed by atoms with Crippen molar-refractivity contribution < 1.29 is 55.2 Å². The van der Waals surface area contributed by atoms with Crippen LogP contribution in [0.5, 0.6) is 0 Å². The summed E-state index contributed by atoms with van der Waals surface area (Å²) in [6.07, 6.45) is 1.56. The van der Waals surface area contributed by atoms with Gasteiger partial charge in [0.25, 0.3) is 17.7 Å². The number of carbonyl (C=O) groups excluding carboxylic acids is 6. The Morgan fingerprint density at radius 3 is 0.982 bits per heavy atom. The summed E-state index contributed by atoms with van der Waals surface area (Å²) in [5, 5.41) is 8.83. The molecule has 57 heavy (non-hydrogen) atoms. The standard InChI is InChI=1S/C36H45N15O6/c1-4-16-19(13-43-28(52)22-7-10-25(46-22)31(55)49-34(37)38)17(5-2)21(15-45-30(54)24-9-12-27(48-24)33(57)51-36(41)42)18(6-3)20(16)14-44-29(53)23-8-11-26(47-23)32(56)50-35(39)40/h7-12,46-48H,4-6,13-15H2,1-3H3,(H,43,52)(H,44,53)(H,45,54)(H4,37,38,49,55)(H4,39,40,50,56)(H4,41,42,51,57)/p+5. The number of aromatic amines is 3. The summed E-state index contributed by atoms with van der Waals surface area (Å²) < 4.78 is 0. The van der Waals surface area contributed by atoms with E-state index < -0.39 is 35.4 Å². The lowest BCUT2D eigenvalue weighted by Crippen LogP contribution is -3.00. The molecule has 23 N–H and O–H groups in total. The molecule has 21 nitrogen and oxygen atoms in total. The first-order valence-corrected chi connectivity index (χ1v) is 17.9. The highest BCUT2D eigenvalue weighted by Gasteiger charge is 2.25. The number of quaternary nitrogens is 2. The number of nitrogens with one attached hydrogen (secondary N) is 9. The first kappa shape index (κ1) is 42.4. The largest absolute Gasteiger partial charge is 0.530 e. The Kier molecular flexibility index (Phi) is 13.9. The molecule has 0 aliphatic carbocycles. The molecular formula is C36H50N15O6+5. The van der Waals surface area contributed by atoms with Crippen LogP contribution in [-0.2, 0) is 38.9 Å². The maximum absolute atomic E-state index is 13.4. The molecule has 0 saturated heterocycles. The van der Waals surface area contributed by atoms with E-state index in [4.69, 9.17) is 22.9 Å². The lowest BCUT2D eigenvalue weighted by atomic mass is 9.83. The summed E-state index contributed by atoms with van der Waals surface area (Å²) in [7, 11) is 0. The number of benzene rings is 1. The second-order valence-electron chi connectivity index (χ2n) is 12.7. The third kappa shape index (κ3) is 10.4. The molecule has 0 atom stereocenters. The highest BCUT2D eigenvalue weighted by molar-refractivity contribution is 5.97. The molecule has 4 aromatic rings. The Morgan fingerprint density at radius 1 is 0.474 bits per heavy atom. The number of rotatable bonds is 15. The number of nitrogens with two attached hydrogens (primary N) is 4. The monoisotopic (exact) mass is 788 g/mol. The minimum absolute atomic E-state index is 0.0597. The zero-order chi connectivity index (χ0) is 42.0. The summed E-state index contributed by atoms with van der Waals surface area (Å²) in [6.45, 7) is 6.07. The molecule has 6 amide bonds. The molecule has 0 spiro atoms. The van der Waals surface area contributed by atoms with E-state index in [2.05, 4.69) is 57.3 Å². The van der Waals surface area contributed by atoms with Gasteiger partial charge in [-0.25, -0.2) is 35.8 Å². The third-order valence-corrected chi connectivity index (χ3v) is 8.86. The van der Waals surface area contributed by atoms with Crippen molar-refractivity contribution in [3.05, 3.63) is 104 Å². The van der Waals surface area contributed by atoms with Crippen LogP contribution >= 0.6 is 0 Å². The molecule has 0 bridgehead atoms. The predicted molar refractivity (Wildman–Crippen MR) is 204 cm³/mol. The molecular weight excluding hydrogens is 738 g/mol. The Balaban J connectivity index is 1.71. The molecule has 0 radical (unpaired) electrons. The van der Waals surface area contributed by atoms with Crippen molar-refractivity contribution in [3.8, 4) is 0 Å². The number of aromatic nitrogens is 3. The van der Waals surface area contributed by atoms with Crippen LogP contribution in [0.25, 0.3) is 0 Å². The second kappa shape index (κ2) is 18.8. The van der Waals surface area contributed by atoms with Crippen molar-refractivity contribution in [2.75, 3.05) is 0 Å². The van der Waals surface area contributed by atoms with E-state index in [1.807, 2.05) is 20.8 Å². The number of guanidine groups is 3. The average Bonchev–Trinajstić information content (AvgIpc) is 3.95. The van der Waals surface area contributed by atoms with Crippen LogP contribution in [0.3, 0.4) is 0 Å². The highest BCUT2D eigenvalue weighted by Crippen LogP contribution is 2.31. The van der Waals surface area contributed by atoms with Crippen LogP contribution in [0.2, 0.25) is 0 Å². The zero-order valence-electron chi connectivity index (χ0n) is 31.9. The van der Waals surface area contributed by atoms with Gasteiger partial charge in [-0.05, 0) is 89.0 Å². The van der Waals surface area contributed by atoms with Crippen molar-refractivity contribution in [2.24, 2.45) is 22.9 Å². The van der Waals surface area contributed by atoms with Crippen molar-refractivity contribution in [2.45, 2.75) is 59.7 Å². The van der Waals surface area contributed by atoms with E-state index in [9.17, 15) is 28.8 Å². The first-order chi connectivity index (χ1) is 27.1. The van der Waals surface area contributed by atoms with Gasteiger partial charge < -0.3 is 30.9 Å². The molecule has 0 aliphatic rings. The van der Waals surface area contributed by atoms with Crippen molar-refractivity contribution in [3.63, 3.8) is 0 Å². The second-order valence-corrected chi connectivity index (χ2v) is 12.7. The number of carbonyl (C=O) groups is 6. The fourth-order valence-corrected chi connectivity index (χ4v) is 6.41. The lowest BCUT2D eigenvalue weighted by molar-refractivity contribution is -0.517. The van der Waals surface area contributed by atoms with Crippen LogP contribution in [-0.4, -0.2) is 68.3 Å². The summed E-state index contributed by atoms with van der Waals surface area (Å²) in [6, 6.07) is 8.69. The van der Waals surface area contributed by atoms with E-state index >= 15 is 0 Å². The van der Waals surface area contributed by atoms with Gasteiger partial charge in [0, 0.05) is 19.6 Å². The maximum atomic E-state index is 13.4. The molecule has 21 heteroatoms. The molecule has 0 unspecified atom stereocenters. The SMILES string of the molecule is CCc1c(CNC(=O)c2ccc(C(=O)[NH+]=C(N)N)[nH]2)c(CC)c(CNC(=O)c2ccc(C(=O)[NH+]=C([NH3+])[NH3+])[nH]2)c(CC)c1CNC(=O)c1ccc(C(=O)[NH+]=C(N)N)[nH]1. The molecule has 3 aromatic heterocycles. The summed E-state index contributed by atoms with van der Waals surface area (Å²) >= 11 is 0. The van der Waals surface area contributed by atoms with Crippen LogP contribution in [0.1, 0.15) is 117 Å². The van der Waals surface area contributed by atoms with Gasteiger partial charge in [0.1, 0.15) is 28.5 Å². The molecule has 3 heterocycles. The number of amides is 6. The molecule has 0 fully saturated rings. The fourth-order valence-electron chi connectivity index (χ4n) is 6.41. The Bertz CT molecular complexity index is 2020. The number of hydrogen-bond acceptors (Lipinski definition) is 6. The summed E-state index contributed by atoms with van der Waals surface area (Å²) in [5.74, 6) is -3.61. The Labute approximate surface area is 325 Å². The minimum atomic E-state index is -0.621. The number of hydrogen-bond donors (Lipinski definition) is 15. The van der Waals surface area contributed by atoms with Crippen molar-refractivity contribution in [1.29, 1.82) is 0 Å². The van der Waals surface area contributed by atoms with Gasteiger partial charge in [-0.15, -0.1) is 0 Å². The quantitative estimate of drug-likeness (QED) is 0.0398. The van der Waals surface area contributed by atoms with Gasteiger partial charge in [-0.2, -0.15) is 0 Å². The van der Waals surface area contributed by atoms with Crippen molar-refractivity contribution >= 4 is 53.3 Å². The van der Waals surface area contributed by atoms with Crippen LogP contribution < -0.4 is 65.3 Å². The summed E-state index contributed by atoms with van der Waals surface area (Å²) in [4.78, 5) is 92.7. The minimum Gasteiger partial charge on any atom is -0.347 e. The van der Waals surface area contributed by atoms with E-state index in [1.165, 1.54) is 36.4 Å². The van der Waals surface area contributed by atoms with Crippen molar-refractivity contribution in [1.82, 2.24) is 30.9 Å². The topological polar surface area (TPSA) is 387 Å². The van der Waals surface area contributed by atoms with Gasteiger partial charge in [0.05, 0.1) is 0 Å². The Morgan fingerprint density at radius 2 is 0.737 bits per heavy atom. The van der Waals surface area contributed by atoms with E-state index in [0.717, 1.165) is 33.4 Å². The smallest absolute Gasteiger partial charge is 0.347 e. The zero-order valence-corrected chi connectivity index (χ0v) is 31.9. The van der Waals surface area contributed by atoms with Gasteiger partial charge in [-0.1, -0.05) is 25.8 Å². The van der Waals surface area contributed by atoms with Crippen LogP contribution in [0.4, 0.5) is 0 Å². The molecule has 0 aliphatic heterocycles. The van der Waals surface area contributed by atoms with E-state index in [1.54, 1.807) is 0 Å². The van der Waals surface area contributed by atoms with Crippen LogP contribution in [0.15, 0.2) is 36.4 Å². The van der Waals surface area contributed by atoms with Gasteiger partial charge in [0.2, 0.25) is 0 Å². The normalized spacial score (nSPS) is 10.6. The van der Waals surface area contributed by atoms with Gasteiger partial charge in [0.15, 0.2) is 5.69 Å². The first-order valence-electron chi connectivity index (χ1n) is 17.9. The van der Waals surface area contributed by atoms with E-state index in [0.29, 0.717) is 19.3 Å². The lowest BCUT2D eigenvalue weighted by Gasteiger charge is -2.26. The highest BCUT2D eigenvalue weighted by atomic mass is 16.2. The molecule has 1 aromatic carbocycles. The molecule has 300 valence electrons. The Hall–Kier alpha value is -7.39.